The van der Waals surface area contributed by atoms with Crippen molar-refractivity contribution in [2.75, 3.05) is 7.11 Å². The van der Waals surface area contributed by atoms with E-state index in [9.17, 15) is 24.8 Å². The van der Waals surface area contributed by atoms with E-state index in [2.05, 4.69) is 5.32 Å². The van der Waals surface area contributed by atoms with E-state index in [0.717, 1.165) is 0 Å². The molecule has 1 aliphatic heterocycles. The van der Waals surface area contributed by atoms with Crippen molar-refractivity contribution in [2.24, 2.45) is 5.92 Å². The highest BCUT2D eigenvalue weighted by Crippen LogP contribution is 2.41. The molecule has 1 aromatic rings. The smallest absolute Gasteiger partial charge is 0.336 e. The zero-order chi connectivity index (χ0) is 19.6. The van der Waals surface area contributed by atoms with Gasteiger partial charge in [-0.1, -0.05) is 19.1 Å². The van der Waals surface area contributed by atoms with E-state index >= 15 is 0 Å². The van der Waals surface area contributed by atoms with Gasteiger partial charge in [-0.2, -0.15) is 0 Å². The van der Waals surface area contributed by atoms with Crippen molar-refractivity contribution in [3.63, 3.8) is 0 Å². The van der Waals surface area contributed by atoms with Gasteiger partial charge in [0.05, 0.1) is 23.2 Å². The van der Waals surface area contributed by atoms with Crippen molar-refractivity contribution in [3.8, 4) is 0 Å². The molecule has 1 aliphatic rings. The first-order chi connectivity index (χ1) is 12.2. The lowest BCUT2D eigenvalue weighted by Crippen LogP contribution is -2.35. The number of hydrogen-bond acceptors (Lipinski definition) is 6. The van der Waals surface area contributed by atoms with Gasteiger partial charge in [-0.15, -0.1) is 0 Å². The minimum atomic E-state index is -1.16. The molecule has 0 saturated carbocycles. The number of rotatable bonds is 5. The number of nitro groups is 1. The van der Waals surface area contributed by atoms with Gasteiger partial charge >= 0.3 is 11.9 Å². The number of carbonyl (C=O) groups is 2. The Morgan fingerprint density at radius 2 is 1.88 bits per heavy atom. The maximum atomic E-state index is 12.3. The molecule has 2 rings (SSSR count). The Labute approximate surface area is 150 Å². The maximum absolute atomic E-state index is 12.3. The molecule has 2 unspecified atom stereocenters. The van der Waals surface area contributed by atoms with Crippen molar-refractivity contribution in [2.45, 2.75) is 26.7 Å². The Bertz CT molecular complexity index is 840. The summed E-state index contributed by atoms with van der Waals surface area (Å²) in [5.74, 6) is -3.10. The molecule has 26 heavy (non-hydrogen) atoms. The summed E-state index contributed by atoms with van der Waals surface area (Å²) in [4.78, 5) is 34.7. The van der Waals surface area contributed by atoms with Gasteiger partial charge in [0.15, 0.2) is 0 Å². The molecule has 0 amide bonds. The molecule has 0 bridgehead atoms. The van der Waals surface area contributed by atoms with E-state index in [-0.39, 0.29) is 16.8 Å². The summed E-state index contributed by atoms with van der Waals surface area (Å²) in [6.45, 7) is 5.03. The summed E-state index contributed by atoms with van der Waals surface area (Å²) < 4.78 is 4.84. The van der Waals surface area contributed by atoms with Crippen molar-refractivity contribution in [1.82, 2.24) is 5.32 Å². The standard InChI is InChI=1S/C18H20N2O6/c1-9(12-6-5-7-13(8-12)20(24)25)14-15(17(21)22)10(2)19-11(3)16(14)18(23)26-4/h5-9,14,19H,1-4H3,(H,21,22). The van der Waals surface area contributed by atoms with E-state index in [4.69, 9.17) is 4.74 Å². The average molecular weight is 360 g/mol. The Kier molecular flexibility index (Phi) is 5.44. The number of nitrogens with one attached hydrogen (secondary N) is 1. The highest BCUT2D eigenvalue weighted by Gasteiger charge is 2.39. The van der Waals surface area contributed by atoms with E-state index in [1.807, 2.05) is 0 Å². The van der Waals surface area contributed by atoms with Gasteiger partial charge in [-0.25, -0.2) is 9.59 Å². The lowest BCUT2D eigenvalue weighted by atomic mass is 9.74. The lowest BCUT2D eigenvalue weighted by Gasteiger charge is -2.33. The number of benzene rings is 1. The molecule has 2 atom stereocenters. The largest absolute Gasteiger partial charge is 0.478 e. The fourth-order valence-electron chi connectivity index (χ4n) is 3.32. The average Bonchev–Trinajstić information content (AvgIpc) is 2.59. The van der Waals surface area contributed by atoms with Crippen LogP contribution in [0.25, 0.3) is 0 Å². The number of carboxylic acid groups (broad SMARTS) is 1. The molecule has 8 heteroatoms. The maximum Gasteiger partial charge on any atom is 0.336 e. The van der Waals surface area contributed by atoms with E-state index < -0.39 is 28.7 Å². The third-order valence-corrected chi connectivity index (χ3v) is 4.55. The fraction of sp³-hybridized carbons (Fsp3) is 0.333. The van der Waals surface area contributed by atoms with E-state index in [0.29, 0.717) is 17.0 Å². The van der Waals surface area contributed by atoms with Gasteiger partial charge in [-0.05, 0) is 25.3 Å². The van der Waals surface area contributed by atoms with Gasteiger partial charge in [0.2, 0.25) is 0 Å². The third-order valence-electron chi connectivity index (χ3n) is 4.55. The van der Waals surface area contributed by atoms with Crippen molar-refractivity contribution in [3.05, 3.63) is 62.5 Å². The number of non-ortho nitro benzene ring substituents is 1. The number of carbonyl (C=O) groups excluding carboxylic acids is 1. The zero-order valence-electron chi connectivity index (χ0n) is 14.9. The first-order valence-electron chi connectivity index (χ1n) is 7.93. The van der Waals surface area contributed by atoms with Crippen LogP contribution in [0.15, 0.2) is 46.8 Å². The minimum absolute atomic E-state index is 0.0370. The number of ether oxygens (including phenoxy) is 1. The molecular weight excluding hydrogens is 340 g/mol. The third kappa shape index (κ3) is 3.44. The fourth-order valence-corrected chi connectivity index (χ4v) is 3.32. The summed E-state index contributed by atoms with van der Waals surface area (Å²) in [5, 5.41) is 23.7. The molecule has 1 heterocycles. The number of esters is 1. The predicted octanol–water partition coefficient (Wildman–Crippen LogP) is 2.72. The van der Waals surface area contributed by atoms with Crippen LogP contribution < -0.4 is 5.32 Å². The Hall–Kier alpha value is -3.16. The van der Waals surface area contributed by atoms with Crippen LogP contribution in [0.2, 0.25) is 0 Å². The molecule has 138 valence electrons. The van der Waals surface area contributed by atoms with E-state index in [1.54, 1.807) is 26.8 Å². The lowest BCUT2D eigenvalue weighted by molar-refractivity contribution is -0.384. The number of dihydropyridines is 1. The second kappa shape index (κ2) is 7.38. The quantitative estimate of drug-likeness (QED) is 0.471. The second-order valence-corrected chi connectivity index (χ2v) is 6.12. The van der Waals surface area contributed by atoms with Gasteiger partial charge in [0.1, 0.15) is 0 Å². The normalized spacial score (nSPS) is 18.2. The molecule has 0 aliphatic carbocycles. The first-order valence-corrected chi connectivity index (χ1v) is 7.93. The number of allylic oxidation sites excluding steroid dienone is 2. The molecule has 1 aromatic carbocycles. The summed E-state index contributed by atoms with van der Waals surface area (Å²) in [7, 11) is 1.23. The van der Waals surface area contributed by atoms with Crippen LogP contribution in [-0.2, 0) is 14.3 Å². The molecule has 0 saturated heterocycles. The van der Waals surface area contributed by atoms with Crippen molar-refractivity contribution < 1.29 is 24.4 Å². The molecule has 0 fully saturated rings. The molecule has 2 N–H and O–H groups in total. The van der Waals surface area contributed by atoms with Crippen LogP contribution in [0, 0.1) is 16.0 Å². The minimum Gasteiger partial charge on any atom is -0.478 e. The van der Waals surface area contributed by atoms with Gasteiger partial charge in [0.25, 0.3) is 5.69 Å². The molecule has 0 spiro atoms. The Morgan fingerprint density at radius 1 is 1.27 bits per heavy atom. The number of nitro benzene ring substituents is 1. The molecule has 0 radical (unpaired) electrons. The van der Waals surface area contributed by atoms with Gasteiger partial charge in [-0.3, -0.25) is 10.1 Å². The highest BCUT2D eigenvalue weighted by atomic mass is 16.6. The summed E-state index contributed by atoms with van der Waals surface area (Å²) in [5.41, 5.74) is 1.63. The topological polar surface area (TPSA) is 119 Å². The summed E-state index contributed by atoms with van der Waals surface area (Å²) in [6.07, 6.45) is 0. The van der Waals surface area contributed by atoms with Crippen LogP contribution in [-0.4, -0.2) is 29.1 Å². The molecular formula is C18H20N2O6. The number of carboxylic acids is 1. The first kappa shape index (κ1) is 19.2. The van der Waals surface area contributed by atoms with Crippen molar-refractivity contribution >= 4 is 17.6 Å². The predicted molar refractivity (Wildman–Crippen MR) is 93.2 cm³/mol. The Morgan fingerprint density at radius 3 is 2.42 bits per heavy atom. The van der Waals surface area contributed by atoms with Crippen molar-refractivity contribution in [1.29, 1.82) is 0 Å². The van der Waals surface area contributed by atoms with Gasteiger partial charge < -0.3 is 15.2 Å². The van der Waals surface area contributed by atoms with E-state index in [1.165, 1.54) is 25.3 Å². The highest BCUT2D eigenvalue weighted by molar-refractivity contribution is 5.97. The summed E-state index contributed by atoms with van der Waals surface area (Å²) >= 11 is 0. The Balaban J connectivity index is 2.63. The molecule has 0 aromatic heterocycles. The number of nitrogens with zero attached hydrogens (tertiary/aromatic N) is 1. The second-order valence-electron chi connectivity index (χ2n) is 6.12. The molecule has 8 nitrogen and oxygen atoms in total. The van der Waals surface area contributed by atoms with Crippen LogP contribution >= 0.6 is 0 Å². The van der Waals surface area contributed by atoms with Crippen LogP contribution in [0.3, 0.4) is 0 Å². The zero-order valence-corrected chi connectivity index (χ0v) is 14.9. The van der Waals surface area contributed by atoms with Gasteiger partial charge in [0, 0.05) is 29.4 Å². The number of hydrogen-bond donors (Lipinski definition) is 2. The summed E-state index contributed by atoms with van der Waals surface area (Å²) in [6, 6.07) is 5.97. The number of aliphatic carboxylic acids is 1. The SMILES string of the molecule is COC(=O)C1=C(C)NC(C)=C(C(=O)O)C1C(C)c1cccc([N+](=O)[O-])c1. The monoisotopic (exact) mass is 360 g/mol. The van der Waals surface area contributed by atoms with Crippen LogP contribution in [0.5, 0.6) is 0 Å². The van der Waals surface area contributed by atoms with Crippen LogP contribution in [0.4, 0.5) is 5.69 Å². The van der Waals surface area contributed by atoms with Crippen LogP contribution in [0.1, 0.15) is 32.3 Å². The number of methoxy groups -OCH3 is 1.